The summed E-state index contributed by atoms with van der Waals surface area (Å²) in [6.07, 6.45) is -0.587. The fourth-order valence-corrected chi connectivity index (χ4v) is 2.94. The molecule has 1 N–H and O–H groups in total. The van der Waals surface area contributed by atoms with Gasteiger partial charge in [0.05, 0.1) is 23.9 Å². The lowest BCUT2D eigenvalue weighted by molar-refractivity contribution is -0.117. The van der Waals surface area contributed by atoms with E-state index in [9.17, 15) is 26.7 Å². The number of carboxylic acids is 1. The minimum absolute atomic E-state index is 0.122. The predicted octanol–water partition coefficient (Wildman–Crippen LogP) is 0.576. The van der Waals surface area contributed by atoms with Gasteiger partial charge in [-0.3, -0.25) is 4.79 Å². The molecule has 1 fully saturated rings. The Morgan fingerprint density at radius 3 is 2.52 bits per heavy atom. The van der Waals surface area contributed by atoms with E-state index in [1.54, 1.807) is 0 Å². The van der Waals surface area contributed by atoms with Crippen LogP contribution in [0, 0.1) is 0 Å². The van der Waals surface area contributed by atoms with Crippen LogP contribution in [0.3, 0.4) is 0 Å². The van der Waals surface area contributed by atoms with Crippen molar-refractivity contribution in [2.24, 2.45) is 0 Å². The van der Waals surface area contributed by atoms with Crippen molar-refractivity contribution in [2.45, 2.75) is 11.7 Å². The summed E-state index contributed by atoms with van der Waals surface area (Å²) in [6.45, 7) is -0.509. The molecule has 10 heteroatoms. The Kier molecular flexibility index (Phi) is 4.37. The first-order valence-corrected chi connectivity index (χ1v) is 7.79. The Morgan fingerprint density at radius 1 is 1.39 bits per heavy atom. The smallest absolute Gasteiger partial charge is 0.339 e. The van der Waals surface area contributed by atoms with Gasteiger partial charge in [0, 0.05) is 13.0 Å². The number of hydrogen-bond donors (Lipinski definition) is 1. The zero-order chi connectivity index (χ0) is 17.4. The van der Waals surface area contributed by atoms with Crippen molar-refractivity contribution in [3.05, 3.63) is 29.3 Å². The third-order valence-corrected chi connectivity index (χ3v) is 4.54. The molecule has 1 aromatic rings. The van der Waals surface area contributed by atoms with Crippen LogP contribution in [0.15, 0.2) is 18.2 Å². The average molecular weight is 345 g/mol. The van der Waals surface area contributed by atoms with Gasteiger partial charge in [0.1, 0.15) is 5.25 Å². The number of esters is 1. The minimum atomic E-state index is -4.94. The normalized spacial score (nSPS) is 18.1. The van der Waals surface area contributed by atoms with Gasteiger partial charge in [0.15, 0.2) is 0 Å². The van der Waals surface area contributed by atoms with Gasteiger partial charge in [0.2, 0.25) is 5.91 Å². The van der Waals surface area contributed by atoms with Crippen LogP contribution in [0.25, 0.3) is 0 Å². The lowest BCUT2D eigenvalue weighted by Gasteiger charge is -2.19. The molecule has 2 rings (SSSR count). The number of halogens is 1. The number of benzene rings is 1. The first-order chi connectivity index (χ1) is 10.6. The molecular weight excluding hydrogens is 333 g/mol. The van der Waals surface area contributed by atoms with E-state index >= 15 is 0 Å². The molecule has 1 unspecified atom stereocenters. The second-order valence-corrected chi connectivity index (χ2v) is 6.45. The van der Waals surface area contributed by atoms with E-state index in [2.05, 4.69) is 4.74 Å². The van der Waals surface area contributed by atoms with E-state index in [1.807, 2.05) is 0 Å². The first kappa shape index (κ1) is 16.9. The molecule has 0 aliphatic carbocycles. The van der Waals surface area contributed by atoms with Gasteiger partial charge < -0.3 is 14.7 Å². The van der Waals surface area contributed by atoms with Crippen LogP contribution in [-0.2, 0) is 19.8 Å². The van der Waals surface area contributed by atoms with Crippen LogP contribution in [0.5, 0.6) is 0 Å². The minimum Gasteiger partial charge on any atom is -0.478 e. The second kappa shape index (κ2) is 5.95. The number of anilines is 1. The predicted molar refractivity (Wildman–Crippen MR) is 75.5 cm³/mol. The molecule has 1 heterocycles. The summed E-state index contributed by atoms with van der Waals surface area (Å²) < 4.78 is 39.6. The van der Waals surface area contributed by atoms with Crippen molar-refractivity contribution >= 4 is 33.8 Å². The van der Waals surface area contributed by atoms with Crippen LogP contribution < -0.4 is 4.90 Å². The van der Waals surface area contributed by atoms with Gasteiger partial charge in [-0.2, -0.15) is 8.42 Å². The summed E-state index contributed by atoms with van der Waals surface area (Å²) in [5.74, 6) is -2.87. The quantitative estimate of drug-likeness (QED) is 0.626. The molecular formula is C13H12FNO7S. The lowest BCUT2D eigenvalue weighted by Crippen LogP contribution is -2.29. The second-order valence-electron chi connectivity index (χ2n) is 4.83. The average Bonchev–Trinajstić information content (AvgIpc) is 2.87. The molecule has 1 atom stereocenters. The molecule has 124 valence electrons. The van der Waals surface area contributed by atoms with E-state index in [4.69, 9.17) is 5.11 Å². The summed E-state index contributed by atoms with van der Waals surface area (Å²) in [5.41, 5.74) is -0.470. The molecule has 1 saturated heterocycles. The Labute approximate surface area is 130 Å². The summed E-state index contributed by atoms with van der Waals surface area (Å²) >= 11 is 0. The fraction of sp³-hybridized carbons (Fsp3) is 0.308. The maximum atomic E-state index is 13.1. The highest BCUT2D eigenvalue weighted by Gasteiger charge is 2.40. The number of aromatic carboxylic acids is 1. The highest BCUT2D eigenvalue weighted by Crippen LogP contribution is 2.30. The molecule has 0 saturated carbocycles. The maximum Gasteiger partial charge on any atom is 0.339 e. The van der Waals surface area contributed by atoms with Gasteiger partial charge in [-0.1, -0.05) is 0 Å². The summed E-state index contributed by atoms with van der Waals surface area (Å²) in [7, 11) is -3.84. The molecule has 1 aromatic carbocycles. The monoisotopic (exact) mass is 345 g/mol. The Bertz CT molecular complexity index is 790. The molecule has 0 aromatic heterocycles. The van der Waals surface area contributed by atoms with Crippen LogP contribution in [0.2, 0.25) is 0 Å². The Morgan fingerprint density at radius 2 is 2.04 bits per heavy atom. The summed E-state index contributed by atoms with van der Waals surface area (Å²) in [5, 5.41) is 7.45. The zero-order valence-electron chi connectivity index (χ0n) is 11.9. The third-order valence-electron chi connectivity index (χ3n) is 3.43. The highest BCUT2D eigenvalue weighted by atomic mass is 32.3. The number of carboxylic acid groups (broad SMARTS) is 1. The third kappa shape index (κ3) is 3.31. The van der Waals surface area contributed by atoms with Crippen LogP contribution in [0.4, 0.5) is 9.57 Å². The standard InChI is InChI=1S/C13H12FNO7S/c1-22-13(19)9-3-2-7(12(17)18)4-10(9)15-6-8(5-11(15)16)23(14,20)21/h2-4,8H,5-6H2,1H3,(H,17,18). The van der Waals surface area contributed by atoms with Crippen LogP contribution >= 0.6 is 0 Å². The number of ether oxygens (including phenoxy) is 1. The zero-order valence-corrected chi connectivity index (χ0v) is 12.7. The molecule has 0 bridgehead atoms. The van der Waals surface area contributed by atoms with Crippen molar-refractivity contribution in [3.8, 4) is 0 Å². The first-order valence-electron chi connectivity index (χ1n) is 6.34. The molecule has 1 amide bonds. The van der Waals surface area contributed by atoms with Gasteiger partial charge >= 0.3 is 22.2 Å². The summed E-state index contributed by atoms with van der Waals surface area (Å²) in [4.78, 5) is 35.7. The molecule has 0 radical (unpaired) electrons. The van der Waals surface area contributed by atoms with Crippen molar-refractivity contribution in [3.63, 3.8) is 0 Å². The number of nitrogens with zero attached hydrogens (tertiary/aromatic N) is 1. The van der Waals surface area contributed by atoms with E-state index in [0.29, 0.717) is 0 Å². The molecule has 1 aliphatic heterocycles. The fourth-order valence-electron chi connectivity index (χ4n) is 2.27. The Hall–Kier alpha value is -2.49. The number of methoxy groups -OCH3 is 1. The molecule has 8 nitrogen and oxygen atoms in total. The number of carbonyl (C=O) groups excluding carboxylic acids is 2. The van der Waals surface area contributed by atoms with E-state index in [1.165, 1.54) is 0 Å². The Balaban J connectivity index is 2.52. The number of rotatable bonds is 4. The maximum absolute atomic E-state index is 13.1. The van der Waals surface area contributed by atoms with Crippen LogP contribution in [0.1, 0.15) is 27.1 Å². The van der Waals surface area contributed by atoms with Crippen molar-refractivity contribution in [1.29, 1.82) is 0 Å². The van der Waals surface area contributed by atoms with Crippen molar-refractivity contribution in [1.82, 2.24) is 0 Å². The van der Waals surface area contributed by atoms with Crippen molar-refractivity contribution in [2.75, 3.05) is 18.6 Å². The van der Waals surface area contributed by atoms with Gasteiger partial charge in [-0.25, -0.2) is 9.59 Å². The van der Waals surface area contributed by atoms with Crippen LogP contribution in [-0.4, -0.2) is 50.3 Å². The van der Waals surface area contributed by atoms with E-state index in [-0.39, 0.29) is 16.8 Å². The SMILES string of the molecule is COC(=O)c1ccc(C(=O)O)cc1N1CC(S(=O)(=O)F)CC1=O. The number of carbonyl (C=O) groups is 3. The lowest BCUT2D eigenvalue weighted by atomic mass is 10.1. The summed E-state index contributed by atoms with van der Waals surface area (Å²) in [6, 6.07) is 3.33. The largest absolute Gasteiger partial charge is 0.478 e. The molecule has 0 spiro atoms. The number of hydrogen-bond acceptors (Lipinski definition) is 6. The van der Waals surface area contributed by atoms with Crippen molar-refractivity contribution < 1.29 is 36.5 Å². The van der Waals surface area contributed by atoms with Gasteiger partial charge in [-0.15, -0.1) is 3.89 Å². The number of amides is 1. The van der Waals surface area contributed by atoms with E-state index in [0.717, 1.165) is 30.2 Å². The molecule has 23 heavy (non-hydrogen) atoms. The van der Waals surface area contributed by atoms with Gasteiger partial charge in [0.25, 0.3) is 0 Å². The van der Waals surface area contributed by atoms with Gasteiger partial charge in [-0.05, 0) is 18.2 Å². The topological polar surface area (TPSA) is 118 Å². The molecule has 1 aliphatic rings. The van der Waals surface area contributed by atoms with E-state index < -0.39 is 46.3 Å². The highest BCUT2D eigenvalue weighted by molar-refractivity contribution is 7.87.